The quantitative estimate of drug-likeness (QED) is 0.763. The highest BCUT2D eigenvalue weighted by Gasteiger charge is 2.14. The molecular formula is C10H18N2O. The molecule has 0 saturated carbocycles. The molecule has 0 amide bonds. The van der Waals surface area contributed by atoms with Crippen LogP contribution in [0, 0.1) is 5.92 Å². The molecule has 0 aromatic carbocycles. The number of nitrogens with zero attached hydrogens (tertiary/aromatic N) is 2. The van der Waals surface area contributed by atoms with E-state index in [9.17, 15) is 5.11 Å². The highest BCUT2D eigenvalue weighted by atomic mass is 16.3. The van der Waals surface area contributed by atoms with Crippen molar-refractivity contribution in [3.63, 3.8) is 0 Å². The molecule has 0 spiro atoms. The standard InChI is InChI=1S/C10H18N2O/c1-4-8(2)9(13)7-10-11-5-6-12(10)3/h5-6,8-9,13H,4,7H2,1-3H3. The normalized spacial score (nSPS) is 15.7. The van der Waals surface area contributed by atoms with Crippen LogP contribution < -0.4 is 0 Å². The van der Waals surface area contributed by atoms with E-state index >= 15 is 0 Å². The Morgan fingerprint density at radius 2 is 2.31 bits per heavy atom. The zero-order valence-electron chi connectivity index (χ0n) is 8.57. The van der Waals surface area contributed by atoms with Gasteiger partial charge in [-0.2, -0.15) is 0 Å². The van der Waals surface area contributed by atoms with Crippen LogP contribution in [0.5, 0.6) is 0 Å². The Labute approximate surface area is 79.4 Å². The van der Waals surface area contributed by atoms with Crippen LogP contribution in [0.4, 0.5) is 0 Å². The highest BCUT2D eigenvalue weighted by molar-refractivity contribution is 4.93. The lowest BCUT2D eigenvalue weighted by atomic mass is 9.99. The van der Waals surface area contributed by atoms with Gasteiger partial charge in [-0.15, -0.1) is 0 Å². The van der Waals surface area contributed by atoms with Gasteiger partial charge in [-0.25, -0.2) is 4.98 Å². The van der Waals surface area contributed by atoms with Crippen LogP contribution in [0.3, 0.4) is 0 Å². The van der Waals surface area contributed by atoms with E-state index < -0.39 is 0 Å². The van der Waals surface area contributed by atoms with Crippen molar-refractivity contribution in [2.75, 3.05) is 0 Å². The van der Waals surface area contributed by atoms with E-state index in [1.165, 1.54) is 0 Å². The van der Waals surface area contributed by atoms with E-state index in [0.29, 0.717) is 12.3 Å². The number of imidazole rings is 1. The number of aryl methyl sites for hydroxylation is 1. The van der Waals surface area contributed by atoms with Crippen molar-refractivity contribution in [3.8, 4) is 0 Å². The van der Waals surface area contributed by atoms with Crippen LogP contribution in [-0.2, 0) is 13.5 Å². The summed E-state index contributed by atoms with van der Waals surface area (Å²) in [6.07, 6.45) is 5.05. The molecule has 1 aromatic rings. The van der Waals surface area contributed by atoms with Crippen LogP contribution >= 0.6 is 0 Å². The molecule has 74 valence electrons. The molecule has 0 radical (unpaired) electrons. The van der Waals surface area contributed by atoms with Gasteiger partial charge in [-0.05, 0) is 5.92 Å². The van der Waals surface area contributed by atoms with Crippen molar-refractivity contribution in [2.45, 2.75) is 32.8 Å². The van der Waals surface area contributed by atoms with Gasteiger partial charge in [0.2, 0.25) is 0 Å². The smallest absolute Gasteiger partial charge is 0.110 e. The minimum atomic E-state index is -0.272. The average Bonchev–Trinajstić information content (AvgIpc) is 2.50. The van der Waals surface area contributed by atoms with Crippen molar-refractivity contribution >= 4 is 0 Å². The summed E-state index contributed by atoms with van der Waals surface area (Å²) >= 11 is 0. The van der Waals surface area contributed by atoms with Crippen molar-refractivity contribution in [1.29, 1.82) is 0 Å². The Bertz CT molecular complexity index is 257. The number of aromatic nitrogens is 2. The lowest BCUT2D eigenvalue weighted by molar-refractivity contribution is 0.112. The van der Waals surface area contributed by atoms with Gasteiger partial charge in [-0.3, -0.25) is 0 Å². The van der Waals surface area contributed by atoms with E-state index in [2.05, 4.69) is 18.8 Å². The van der Waals surface area contributed by atoms with Crippen molar-refractivity contribution in [2.24, 2.45) is 13.0 Å². The third-order valence-electron chi connectivity index (χ3n) is 2.61. The number of hydrogen-bond acceptors (Lipinski definition) is 2. The summed E-state index contributed by atoms with van der Waals surface area (Å²) in [4.78, 5) is 4.18. The van der Waals surface area contributed by atoms with Crippen LogP contribution in [0.15, 0.2) is 12.4 Å². The molecule has 1 rings (SSSR count). The van der Waals surface area contributed by atoms with Crippen LogP contribution in [0.25, 0.3) is 0 Å². The number of aliphatic hydroxyl groups is 1. The van der Waals surface area contributed by atoms with E-state index in [1.54, 1.807) is 6.20 Å². The average molecular weight is 182 g/mol. The zero-order chi connectivity index (χ0) is 9.84. The van der Waals surface area contributed by atoms with Crippen molar-refractivity contribution in [1.82, 2.24) is 9.55 Å². The Balaban J connectivity index is 2.54. The molecule has 3 heteroatoms. The summed E-state index contributed by atoms with van der Waals surface area (Å²) in [5, 5.41) is 9.76. The summed E-state index contributed by atoms with van der Waals surface area (Å²) < 4.78 is 1.95. The first-order chi connectivity index (χ1) is 6.15. The first kappa shape index (κ1) is 10.3. The molecule has 0 saturated heterocycles. The van der Waals surface area contributed by atoms with Gasteiger partial charge >= 0.3 is 0 Å². The van der Waals surface area contributed by atoms with E-state index in [0.717, 1.165) is 12.2 Å². The molecule has 2 atom stereocenters. The Morgan fingerprint density at radius 1 is 1.62 bits per heavy atom. The largest absolute Gasteiger partial charge is 0.392 e. The van der Waals surface area contributed by atoms with Crippen LogP contribution in [-0.4, -0.2) is 20.8 Å². The second kappa shape index (κ2) is 4.42. The summed E-state index contributed by atoms with van der Waals surface area (Å²) in [5.41, 5.74) is 0. The second-order valence-electron chi connectivity index (χ2n) is 3.61. The molecule has 0 aliphatic rings. The molecule has 3 nitrogen and oxygen atoms in total. The van der Waals surface area contributed by atoms with Gasteiger partial charge in [0.1, 0.15) is 5.82 Å². The fraction of sp³-hybridized carbons (Fsp3) is 0.700. The number of rotatable bonds is 4. The molecule has 0 fully saturated rings. The lowest BCUT2D eigenvalue weighted by Crippen LogP contribution is -2.21. The van der Waals surface area contributed by atoms with Gasteiger partial charge in [0.25, 0.3) is 0 Å². The predicted octanol–water partition coefficient (Wildman–Crippen LogP) is 1.37. The summed E-state index contributed by atoms with van der Waals surface area (Å²) in [5.74, 6) is 1.30. The van der Waals surface area contributed by atoms with Gasteiger partial charge in [0.05, 0.1) is 6.10 Å². The molecular weight excluding hydrogens is 164 g/mol. The fourth-order valence-corrected chi connectivity index (χ4v) is 1.25. The third kappa shape index (κ3) is 2.56. The first-order valence-electron chi connectivity index (χ1n) is 4.79. The molecule has 2 unspecified atom stereocenters. The topological polar surface area (TPSA) is 38.1 Å². The van der Waals surface area contributed by atoms with Crippen molar-refractivity contribution in [3.05, 3.63) is 18.2 Å². The maximum absolute atomic E-state index is 9.76. The minimum absolute atomic E-state index is 0.272. The Kier molecular flexibility index (Phi) is 3.48. The molecule has 1 heterocycles. The molecule has 0 bridgehead atoms. The molecule has 1 N–H and O–H groups in total. The monoisotopic (exact) mass is 182 g/mol. The fourth-order valence-electron chi connectivity index (χ4n) is 1.25. The van der Waals surface area contributed by atoms with Crippen LogP contribution in [0.1, 0.15) is 26.1 Å². The maximum Gasteiger partial charge on any atom is 0.110 e. The molecule has 13 heavy (non-hydrogen) atoms. The van der Waals surface area contributed by atoms with Gasteiger partial charge in [-0.1, -0.05) is 20.3 Å². The van der Waals surface area contributed by atoms with E-state index in [1.807, 2.05) is 17.8 Å². The Morgan fingerprint density at radius 3 is 2.77 bits per heavy atom. The van der Waals surface area contributed by atoms with Gasteiger partial charge < -0.3 is 9.67 Å². The summed E-state index contributed by atoms with van der Waals surface area (Å²) in [7, 11) is 1.95. The number of aliphatic hydroxyl groups excluding tert-OH is 1. The highest BCUT2D eigenvalue weighted by Crippen LogP contribution is 2.11. The first-order valence-corrected chi connectivity index (χ1v) is 4.79. The molecule has 1 aromatic heterocycles. The predicted molar refractivity (Wildman–Crippen MR) is 52.4 cm³/mol. The second-order valence-corrected chi connectivity index (χ2v) is 3.61. The minimum Gasteiger partial charge on any atom is -0.392 e. The SMILES string of the molecule is CCC(C)C(O)Cc1nccn1C. The lowest BCUT2D eigenvalue weighted by Gasteiger charge is -2.16. The zero-order valence-corrected chi connectivity index (χ0v) is 8.57. The summed E-state index contributed by atoms with van der Waals surface area (Å²) in [6, 6.07) is 0. The molecule has 0 aliphatic heterocycles. The van der Waals surface area contributed by atoms with Crippen LogP contribution in [0.2, 0.25) is 0 Å². The van der Waals surface area contributed by atoms with E-state index in [-0.39, 0.29) is 6.10 Å². The van der Waals surface area contributed by atoms with Gasteiger partial charge in [0, 0.05) is 25.9 Å². The molecule has 0 aliphatic carbocycles. The van der Waals surface area contributed by atoms with Gasteiger partial charge in [0.15, 0.2) is 0 Å². The van der Waals surface area contributed by atoms with E-state index in [4.69, 9.17) is 0 Å². The Hall–Kier alpha value is -0.830. The maximum atomic E-state index is 9.76. The number of hydrogen-bond donors (Lipinski definition) is 1. The third-order valence-corrected chi connectivity index (χ3v) is 2.61. The van der Waals surface area contributed by atoms with Crippen molar-refractivity contribution < 1.29 is 5.11 Å². The summed E-state index contributed by atoms with van der Waals surface area (Å²) in [6.45, 7) is 4.15.